The van der Waals surface area contributed by atoms with Crippen LogP contribution in [0, 0.1) is 11.8 Å². The standard InChI is InChI=1S/C14H18N2O3/c1-4-19-12-7-5-6-11(15-12)8-16-13(17)9(2)10(3)14(16)18/h5-7,9-10H,4,8H2,1-3H3/t9-,10-/m0/s1. The molecular formula is C14H18N2O3. The third kappa shape index (κ3) is 2.59. The van der Waals surface area contributed by atoms with Gasteiger partial charge in [-0.25, -0.2) is 4.98 Å². The highest BCUT2D eigenvalue weighted by molar-refractivity contribution is 6.04. The fraction of sp³-hybridized carbons (Fsp3) is 0.500. The van der Waals surface area contributed by atoms with Crippen LogP contribution in [0.2, 0.25) is 0 Å². The lowest BCUT2D eigenvalue weighted by Gasteiger charge is -2.14. The van der Waals surface area contributed by atoms with Crippen molar-refractivity contribution in [2.75, 3.05) is 6.61 Å². The zero-order valence-corrected chi connectivity index (χ0v) is 11.4. The minimum Gasteiger partial charge on any atom is -0.478 e. The number of aromatic nitrogens is 1. The lowest BCUT2D eigenvalue weighted by molar-refractivity contribution is -0.140. The molecule has 0 N–H and O–H groups in total. The van der Waals surface area contributed by atoms with Gasteiger partial charge < -0.3 is 4.74 Å². The first-order chi connectivity index (χ1) is 9.04. The van der Waals surface area contributed by atoms with Crippen LogP contribution in [0.5, 0.6) is 5.88 Å². The Morgan fingerprint density at radius 1 is 1.21 bits per heavy atom. The summed E-state index contributed by atoms with van der Waals surface area (Å²) in [5.41, 5.74) is 0.661. The molecule has 2 heterocycles. The van der Waals surface area contributed by atoms with Crippen molar-refractivity contribution in [3.05, 3.63) is 23.9 Å². The lowest BCUT2D eigenvalue weighted by atomic mass is 10.00. The van der Waals surface area contributed by atoms with E-state index in [1.807, 2.05) is 13.0 Å². The molecule has 1 aliphatic rings. The van der Waals surface area contributed by atoms with Gasteiger partial charge in [-0.3, -0.25) is 14.5 Å². The predicted octanol–water partition coefficient (Wildman–Crippen LogP) is 1.62. The zero-order valence-electron chi connectivity index (χ0n) is 11.4. The predicted molar refractivity (Wildman–Crippen MR) is 69.3 cm³/mol. The number of nitrogens with zero attached hydrogens (tertiary/aromatic N) is 2. The molecule has 1 fully saturated rings. The van der Waals surface area contributed by atoms with E-state index < -0.39 is 0 Å². The fourth-order valence-electron chi connectivity index (χ4n) is 2.12. The molecule has 2 rings (SSSR count). The summed E-state index contributed by atoms with van der Waals surface area (Å²) < 4.78 is 5.31. The third-order valence-electron chi connectivity index (χ3n) is 3.45. The van der Waals surface area contributed by atoms with Gasteiger partial charge in [-0.05, 0) is 13.0 Å². The van der Waals surface area contributed by atoms with E-state index in [2.05, 4.69) is 4.98 Å². The molecule has 0 bridgehead atoms. The molecule has 0 saturated carbocycles. The summed E-state index contributed by atoms with van der Waals surface area (Å²) in [6.07, 6.45) is 0. The maximum Gasteiger partial charge on any atom is 0.233 e. The van der Waals surface area contributed by atoms with Crippen LogP contribution in [0.1, 0.15) is 26.5 Å². The summed E-state index contributed by atoms with van der Waals surface area (Å²) in [7, 11) is 0. The first-order valence-corrected chi connectivity index (χ1v) is 6.48. The lowest BCUT2D eigenvalue weighted by Crippen LogP contribution is -2.30. The first kappa shape index (κ1) is 13.5. The quantitative estimate of drug-likeness (QED) is 0.774. The highest BCUT2D eigenvalue weighted by Crippen LogP contribution is 2.26. The van der Waals surface area contributed by atoms with E-state index in [0.29, 0.717) is 18.2 Å². The highest BCUT2D eigenvalue weighted by Gasteiger charge is 2.42. The summed E-state index contributed by atoms with van der Waals surface area (Å²) >= 11 is 0. The van der Waals surface area contributed by atoms with E-state index in [-0.39, 0.29) is 30.2 Å². The molecule has 1 aliphatic heterocycles. The first-order valence-electron chi connectivity index (χ1n) is 6.48. The summed E-state index contributed by atoms with van der Waals surface area (Å²) in [5, 5.41) is 0. The summed E-state index contributed by atoms with van der Waals surface area (Å²) in [4.78, 5) is 29.5. The fourth-order valence-corrected chi connectivity index (χ4v) is 2.12. The number of carbonyl (C=O) groups excluding carboxylic acids is 2. The molecule has 5 nitrogen and oxygen atoms in total. The average molecular weight is 262 g/mol. The average Bonchev–Trinajstić information content (AvgIpc) is 2.58. The topological polar surface area (TPSA) is 59.5 Å². The Hall–Kier alpha value is -1.91. The van der Waals surface area contributed by atoms with Crippen LogP contribution in [0.4, 0.5) is 0 Å². The molecule has 1 aromatic heterocycles. The number of likely N-dealkylation sites (tertiary alicyclic amines) is 1. The largest absolute Gasteiger partial charge is 0.478 e. The SMILES string of the molecule is CCOc1cccc(CN2C(=O)[C@@H](C)[C@H](C)C2=O)n1. The van der Waals surface area contributed by atoms with Crippen LogP contribution >= 0.6 is 0 Å². The number of imide groups is 1. The molecule has 1 saturated heterocycles. The Balaban J connectivity index is 2.15. The van der Waals surface area contributed by atoms with Crippen molar-refractivity contribution in [1.82, 2.24) is 9.88 Å². The Labute approximate surface area is 112 Å². The molecule has 0 aliphatic carbocycles. The second-order valence-electron chi connectivity index (χ2n) is 4.74. The van der Waals surface area contributed by atoms with E-state index in [0.717, 1.165) is 0 Å². The van der Waals surface area contributed by atoms with Crippen LogP contribution in [0.25, 0.3) is 0 Å². The van der Waals surface area contributed by atoms with Gasteiger partial charge in [-0.1, -0.05) is 19.9 Å². The Bertz CT molecular complexity index is 481. The normalized spacial score (nSPS) is 23.0. The van der Waals surface area contributed by atoms with Gasteiger partial charge in [0.25, 0.3) is 0 Å². The maximum atomic E-state index is 12.0. The Morgan fingerprint density at radius 3 is 2.42 bits per heavy atom. The maximum absolute atomic E-state index is 12.0. The van der Waals surface area contributed by atoms with Crippen LogP contribution in [-0.2, 0) is 16.1 Å². The van der Waals surface area contributed by atoms with E-state index in [1.54, 1.807) is 26.0 Å². The number of amides is 2. The molecule has 1 aromatic rings. The molecule has 0 aromatic carbocycles. The molecule has 0 spiro atoms. The van der Waals surface area contributed by atoms with E-state index >= 15 is 0 Å². The van der Waals surface area contributed by atoms with Crippen LogP contribution in [-0.4, -0.2) is 28.3 Å². The third-order valence-corrected chi connectivity index (χ3v) is 3.45. The van der Waals surface area contributed by atoms with Crippen molar-refractivity contribution in [3.63, 3.8) is 0 Å². The highest BCUT2D eigenvalue weighted by atomic mass is 16.5. The Morgan fingerprint density at radius 2 is 1.84 bits per heavy atom. The smallest absolute Gasteiger partial charge is 0.233 e. The van der Waals surface area contributed by atoms with Gasteiger partial charge in [0.05, 0.1) is 18.8 Å². The van der Waals surface area contributed by atoms with Crippen molar-refractivity contribution in [3.8, 4) is 5.88 Å². The van der Waals surface area contributed by atoms with Gasteiger partial charge in [-0.15, -0.1) is 0 Å². The second kappa shape index (κ2) is 5.38. The van der Waals surface area contributed by atoms with Crippen molar-refractivity contribution >= 4 is 11.8 Å². The van der Waals surface area contributed by atoms with Gasteiger partial charge in [0.1, 0.15) is 0 Å². The molecule has 102 valence electrons. The molecule has 19 heavy (non-hydrogen) atoms. The minimum absolute atomic E-state index is 0.124. The van der Waals surface area contributed by atoms with E-state index in [9.17, 15) is 9.59 Å². The molecule has 0 radical (unpaired) electrons. The van der Waals surface area contributed by atoms with Gasteiger partial charge in [0, 0.05) is 17.9 Å². The van der Waals surface area contributed by atoms with Crippen molar-refractivity contribution < 1.29 is 14.3 Å². The molecular weight excluding hydrogens is 244 g/mol. The number of pyridine rings is 1. The van der Waals surface area contributed by atoms with Gasteiger partial charge in [0.2, 0.25) is 17.7 Å². The number of hydrogen-bond donors (Lipinski definition) is 0. The minimum atomic E-state index is -0.248. The summed E-state index contributed by atoms with van der Waals surface area (Å²) in [6, 6.07) is 5.35. The summed E-state index contributed by atoms with van der Waals surface area (Å²) in [5.74, 6) is -0.229. The number of ether oxygens (including phenoxy) is 1. The van der Waals surface area contributed by atoms with Gasteiger partial charge >= 0.3 is 0 Å². The molecule has 2 atom stereocenters. The second-order valence-corrected chi connectivity index (χ2v) is 4.74. The summed E-state index contributed by atoms with van der Waals surface area (Å²) in [6.45, 7) is 6.20. The van der Waals surface area contributed by atoms with Crippen molar-refractivity contribution in [2.45, 2.75) is 27.3 Å². The van der Waals surface area contributed by atoms with Crippen molar-refractivity contribution in [1.29, 1.82) is 0 Å². The van der Waals surface area contributed by atoms with E-state index in [1.165, 1.54) is 4.90 Å². The van der Waals surface area contributed by atoms with Gasteiger partial charge in [0.15, 0.2) is 0 Å². The van der Waals surface area contributed by atoms with Gasteiger partial charge in [-0.2, -0.15) is 0 Å². The number of rotatable bonds is 4. The molecule has 0 unspecified atom stereocenters. The monoisotopic (exact) mass is 262 g/mol. The van der Waals surface area contributed by atoms with Crippen LogP contribution in [0.3, 0.4) is 0 Å². The molecule has 2 amide bonds. The molecule has 5 heteroatoms. The zero-order chi connectivity index (χ0) is 14.0. The van der Waals surface area contributed by atoms with Crippen LogP contribution < -0.4 is 4.74 Å². The van der Waals surface area contributed by atoms with Crippen molar-refractivity contribution in [2.24, 2.45) is 11.8 Å². The Kier molecular flexibility index (Phi) is 3.83. The van der Waals surface area contributed by atoms with Crippen LogP contribution in [0.15, 0.2) is 18.2 Å². The number of carbonyl (C=O) groups is 2. The number of hydrogen-bond acceptors (Lipinski definition) is 4. The van der Waals surface area contributed by atoms with E-state index in [4.69, 9.17) is 4.74 Å².